The van der Waals surface area contributed by atoms with Crippen LogP contribution in [-0.4, -0.2) is 29.1 Å². The molecule has 0 saturated heterocycles. The summed E-state index contributed by atoms with van der Waals surface area (Å²) in [6.45, 7) is 0. The van der Waals surface area contributed by atoms with E-state index in [2.05, 4.69) is 15.5 Å². The molecule has 0 aliphatic heterocycles. The minimum atomic E-state index is -5.25. The van der Waals surface area contributed by atoms with Crippen molar-refractivity contribution < 1.29 is 35.3 Å². The van der Waals surface area contributed by atoms with Gasteiger partial charge in [0.15, 0.2) is 10.7 Å². The van der Waals surface area contributed by atoms with Crippen LogP contribution in [0.4, 0.5) is 22.7 Å². The molecule has 0 aliphatic rings. The second-order valence-electron chi connectivity index (χ2n) is 6.73. The van der Waals surface area contributed by atoms with Gasteiger partial charge in [-0.1, -0.05) is 47.7 Å². The van der Waals surface area contributed by atoms with E-state index in [-0.39, 0.29) is 21.3 Å². The average Bonchev–Trinajstić information content (AvgIpc) is 3.21. The minimum Gasteiger partial charge on any atom is -0.296 e. The summed E-state index contributed by atoms with van der Waals surface area (Å²) < 4.78 is 89.9. The molecule has 7 nitrogen and oxygen atoms in total. The Morgan fingerprint density at radius 2 is 1.56 bits per heavy atom. The third kappa shape index (κ3) is 4.40. The van der Waals surface area contributed by atoms with E-state index < -0.39 is 55.3 Å². The second kappa shape index (κ2) is 8.93. The SMILES string of the molecule is O=C(Nc1nnc(-c2cc(F)c(S(=O)(=O)O)c(F)c2-c2ccccc2)s1)c1c(F)cccc1F. The third-order valence-corrected chi connectivity index (χ3v) is 6.32. The maximum Gasteiger partial charge on any atom is 0.300 e. The Bertz CT molecular complexity index is 1510. The van der Waals surface area contributed by atoms with Crippen LogP contribution in [0.3, 0.4) is 0 Å². The number of aromatic nitrogens is 2. The molecule has 1 heterocycles. The van der Waals surface area contributed by atoms with Gasteiger partial charge in [-0.25, -0.2) is 17.6 Å². The van der Waals surface area contributed by atoms with Crippen LogP contribution in [0.25, 0.3) is 21.7 Å². The first-order chi connectivity index (χ1) is 16.1. The first kappa shape index (κ1) is 23.5. The molecule has 0 atom stereocenters. The van der Waals surface area contributed by atoms with Crippen LogP contribution in [0, 0.1) is 23.3 Å². The highest BCUT2D eigenvalue weighted by molar-refractivity contribution is 7.85. The Labute approximate surface area is 193 Å². The summed E-state index contributed by atoms with van der Waals surface area (Å²) in [5.41, 5.74) is -1.36. The molecule has 0 spiro atoms. The van der Waals surface area contributed by atoms with Crippen LogP contribution in [0.1, 0.15) is 10.4 Å². The number of anilines is 1. The van der Waals surface area contributed by atoms with Crippen molar-refractivity contribution in [1.82, 2.24) is 10.2 Å². The predicted molar refractivity (Wildman–Crippen MR) is 115 cm³/mol. The van der Waals surface area contributed by atoms with Gasteiger partial charge in [-0.05, 0) is 23.8 Å². The smallest absolute Gasteiger partial charge is 0.296 e. The van der Waals surface area contributed by atoms with Crippen molar-refractivity contribution >= 4 is 32.5 Å². The van der Waals surface area contributed by atoms with E-state index in [1.165, 1.54) is 24.3 Å². The molecular formula is C21H11F4N3O4S2. The zero-order chi connectivity index (χ0) is 24.6. The van der Waals surface area contributed by atoms with Gasteiger partial charge in [0, 0.05) is 11.1 Å². The fourth-order valence-electron chi connectivity index (χ4n) is 3.15. The maximum atomic E-state index is 15.2. The quantitative estimate of drug-likeness (QED) is 0.292. The summed E-state index contributed by atoms with van der Waals surface area (Å²) in [5.74, 6) is -6.53. The molecule has 0 aliphatic carbocycles. The number of hydrogen-bond acceptors (Lipinski definition) is 6. The van der Waals surface area contributed by atoms with Crippen molar-refractivity contribution in [3.8, 4) is 21.7 Å². The van der Waals surface area contributed by atoms with Crippen molar-refractivity contribution in [2.75, 3.05) is 5.32 Å². The number of nitrogens with zero attached hydrogens (tertiary/aromatic N) is 2. The Kier molecular flexibility index (Phi) is 6.17. The van der Waals surface area contributed by atoms with Crippen molar-refractivity contribution in [3.05, 3.63) is 83.4 Å². The van der Waals surface area contributed by atoms with E-state index in [1.807, 2.05) is 0 Å². The fourth-order valence-corrected chi connectivity index (χ4v) is 4.55. The number of nitrogens with one attached hydrogen (secondary N) is 1. The van der Waals surface area contributed by atoms with Crippen molar-refractivity contribution in [2.45, 2.75) is 4.90 Å². The number of amides is 1. The van der Waals surface area contributed by atoms with Gasteiger partial charge in [-0.3, -0.25) is 14.7 Å². The summed E-state index contributed by atoms with van der Waals surface area (Å²) >= 11 is 0.616. The summed E-state index contributed by atoms with van der Waals surface area (Å²) in [6.07, 6.45) is 0. The Morgan fingerprint density at radius 3 is 2.18 bits per heavy atom. The number of carbonyl (C=O) groups is 1. The third-order valence-electron chi connectivity index (χ3n) is 4.56. The van der Waals surface area contributed by atoms with Crippen LogP contribution in [0.15, 0.2) is 59.5 Å². The van der Waals surface area contributed by atoms with Crippen LogP contribution < -0.4 is 5.32 Å². The molecule has 1 amide bonds. The van der Waals surface area contributed by atoms with Crippen molar-refractivity contribution in [2.24, 2.45) is 0 Å². The topological polar surface area (TPSA) is 109 Å². The summed E-state index contributed by atoms with van der Waals surface area (Å²) in [4.78, 5) is 10.7. The lowest BCUT2D eigenvalue weighted by Gasteiger charge is -2.12. The van der Waals surface area contributed by atoms with E-state index in [0.29, 0.717) is 17.4 Å². The number of halogens is 4. The molecule has 0 bridgehead atoms. The van der Waals surface area contributed by atoms with E-state index in [9.17, 15) is 30.9 Å². The second-order valence-corrected chi connectivity index (χ2v) is 9.06. The molecule has 174 valence electrons. The summed E-state index contributed by atoms with van der Waals surface area (Å²) in [5, 5.41) is 9.18. The summed E-state index contributed by atoms with van der Waals surface area (Å²) in [7, 11) is -5.25. The van der Waals surface area contributed by atoms with Crippen LogP contribution >= 0.6 is 11.3 Å². The van der Waals surface area contributed by atoms with E-state index in [0.717, 1.165) is 18.2 Å². The van der Waals surface area contributed by atoms with Gasteiger partial charge in [-0.2, -0.15) is 8.42 Å². The highest BCUT2D eigenvalue weighted by atomic mass is 32.2. The molecule has 0 saturated carbocycles. The van der Waals surface area contributed by atoms with Crippen LogP contribution in [0.5, 0.6) is 0 Å². The zero-order valence-corrected chi connectivity index (χ0v) is 18.2. The average molecular weight is 509 g/mol. The van der Waals surface area contributed by atoms with Gasteiger partial charge in [0.05, 0.1) is 0 Å². The predicted octanol–water partition coefficient (Wildman–Crippen LogP) is 4.93. The Hall–Kier alpha value is -3.68. The largest absolute Gasteiger partial charge is 0.300 e. The fraction of sp³-hybridized carbons (Fsp3) is 0. The molecule has 0 fully saturated rings. The van der Waals surface area contributed by atoms with Crippen LogP contribution in [0.2, 0.25) is 0 Å². The standard InChI is InChI=1S/C21H11F4N3O4S2/c22-12-7-4-8-13(23)16(12)19(29)26-21-28-27-20(33-21)11-9-14(24)18(34(30,31)32)17(25)15(11)10-5-2-1-3-6-10/h1-9H,(H,26,28,29)(H,30,31,32). The van der Waals surface area contributed by atoms with E-state index in [1.54, 1.807) is 6.07 Å². The van der Waals surface area contributed by atoms with E-state index in [4.69, 9.17) is 0 Å². The number of carbonyl (C=O) groups excluding carboxylic acids is 1. The highest BCUT2D eigenvalue weighted by Crippen LogP contribution is 2.40. The molecule has 0 unspecified atom stereocenters. The van der Waals surface area contributed by atoms with Gasteiger partial charge in [0.25, 0.3) is 16.0 Å². The lowest BCUT2D eigenvalue weighted by atomic mass is 9.99. The van der Waals surface area contributed by atoms with Crippen molar-refractivity contribution in [1.29, 1.82) is 0 Å². The molecule has 4 aromatic rings. The number of hydrogen-bond donors (Lipinski definition) is 2. The van der Waals surface area contributed by atoms with Gasteiger partial charge < -0.3 is 0 Å². The molecule has 1 aromatic heterocycles. The lowest BCUT2D eigenvalue weighted by molar-refractivity contribution is 0.101. The highest BCUT2D eigenvalue weighted by Gasteiger charge is 2.29. The first-order valence-electron chi connectivity index (χ1n) is 9.22. The molecule has 34 heavy (non-hydrogen) atoms. The normalized spacial score (nSPS) is 11.4. The first-order valence-corrected chi connectivity index (χ1v) is 11.5. The zero-order valence-electron chi connectivity index (χ0n) is 16.6. The monoisotopic (exact) mass is 509 g/mol. The minimum absolute atomic E-state index is 0.133. The molecule has 2 N–H and O–H groups in total. The van der Waals surface area contributed by atoms with Gasteiger partial charge in [-0.15, -0.1) is 10.2 Å². The number of benzene rings is 3. The molecule has 4 rings (SSSR count). The Balaban J connectivity index is 1.81. The molecule has 0 radical (unpaired) electrons. The van der Waals surface area contributed by atoms with Gasteiger partial charge in [0.1, 0.15) is 28.0 Å². The molecular weight excluding hydrogens is 498 g/mol. The lowest BCUT2D eigenvalue weighted by Crippen LogP contribution is -2.15. The molecule has 13 heteroatoms. The van der Waals surface area contributed by atoms with Crippen LogP contribution in [-0.2, 0) is 10.1 Å². The Morgan fingerprint density at radius 1 is 0.912 bits per heavy atom. The number of rotatable bonds is 5. The van der Waals surface area contributed by atoms with Gasteiger partial charge in [0.2, 0.25) is 5.13 Å². The molecule has 3 aromatic carbocycles. The maximum absolute atomic E-state index is 15.2. The summed E-state index contributed by atoms with van der Waals surface area (Å²) in [6, 6.07) is 11.0. The van der Waals surface area contributed by atoms with Crippen molar-refractivity contribution in [3.63, 3.8) is 0 Å². The van der Waals surface area contributed by atoms with Gasteiger partial charge >= 0.3 is 0 Å². The van der Waals surface area contributed by atoms with E-state index >= 15 is 4.39 Å².